The predicted molar refractivity (Wildman–Crippen MR) is 144 cm³/mol. The van der Waals surface area contributed by atoms with E-state index in [2.05, 4.69) is 25.5 Å². The Bertz CT molecular complexity index is 1550. The van der Waals surface area contributed by atoms with E-state index >= 15 is 0 Å². The summed E-state index contributed by atoms with van der Waals surface area (Å²) in [5, 5.41) is 11.8. The maximum atomic E-state index is 15.0. The Balaban J connectivity index is 1.19. The molecule has 1 aliphatic heterocycles. The SMILES string of the molecule is CCOc1ccc(-c2nnc(C3CC(NC(=O)c4cccc(C(=O)N5CCC5)n4)C3)n2-c2ccccc2F)nc1. The molecule has 1 N–H and O–H groups in total. The van der Waals surface area contributed by atoms with Gasteiger partial charge in [0.05, 0.1) is 18.5 Å². The van der Waals surface area contributed by atoms with Crippen LogP contribution in [0.25, 0.3) is 17.2 Å². The van der Waals surface area contributed by atoms with E-state index in [-0.39, 0.29) is 35.2 Å². The summed E-state index contributed by atoms with van der Waals surface area (Å²) in [4.78, 5) is 35.9. The zero-order valence-electron chi connectivity index (χ0n) is 22.0. The lowest BCUT2D eigenvalue weighted by atomic mass is 9.79. The van der Waals surface area contributed by atoms with Crippen LogP contribution in [-0.4, -0.2) is 67.2 Å². The van der Waals surface area contributed by atoms with Crippen molar-refractivity contribution in [2.24, 2.45) is 0 Å². The Hall–Kier alpha value is -4.67. The number of hydrogen-bond donors (Lipinski definition) is 1. The lowest BCUT2D eigenvalue weighted by Crippen LogP contribution is -2.44. The monoisotopic (exact) mass is 541 g/mol. The van der Waals surface area contributed by atoms with Gasteiger partial charge in [-0.25, -0.2) is 14.4 Å². The van der Waals surface area contributed by atoms with Gasteiger partial charge < -0.3 is 15.0 Å². The Labute approximate surface area is 230 Å². The van der Waals surface area contributed by atoms with Gasteiger partial charge in [-0.2, -0.15) is 0 Å². The normalized spacial score (nSPS) is 18.0. The fraction of sp³-hybridized carbons (Fsp3) is 0.310. The molecule has 3 aromatic heterocycles. The molecule has 0 radical (unpaired) electrons. The maximum Gasteiger partial charge on any atom is 0.272 e. The molecule has 1 saturated heterocycles. The molecule has 11 heteroatoms. The first-order valence-corrected chi connectivity index (χ1v) is 13.4. The molecule has 2 amide bonds. The van der Waals surface area contributed by atoms with Crippen LogP contribution in [0.1, 0.15) is 58.9 Å². The number of para-hydroxylation sites is 1. The highest BCUT2D eigenvalue weighted by atomic mass is 19.1. The van der Waals surface area contributed by atoms with Crippen LogP contribution in [0, 0.1) is 5.82 Å². The Morgan fingerprint density at radius 2 is 1.82 bits per heavy atom. The summed E-state index contributed by atoms with van der Waals surface area (Å²) in [7, 11) is 0. The van der Waals surface area contributed by atoms with Crippen LogP contribution in [0.15, 0.2) is 60.8 Å². The van der Waals surface area contributed by atoms with Crippen LogP contribution in [0.4, 0.5) is 4.39 Å². The van der Waals surface area contributed by atoms with Crippen LogP contribution >= 0.6 is 0 Å². The van der Waals surface area contributed by atoms with Crippen molar-refractivity contribution < 1.29 is 18.7 Å². The first kappa shape index (κ1) is 25.6. The molecule has 0 bridgehead atoms. The van der Waals surface area contributed by atoms with Crippen molar-refractivity contribution in [3.05, 3.63) is 83.8 Å². The molecule has 10 nitrogen and oxygen atoms in total. The average Bonchev–Trinajstić information content (AvgIpc) is 3.34. The third kappa shape index (κ3) is 4.90. The van der Waals surface area contributed by atoms with E-state index in [0.717, 1.165) is 6.42 Å². The first-order valence-electron chi connectivity index (χ1n) is 13.4. The summed E-state index contributed by atoms with van der Waals surface area (Å²) in [5.74, 6) is 0.697. The van der Waals surface area contributed by atoms with Gasteiger partial charge in [0, 0.05) is 25.0 Å². The molecular weight excluding hydrogens is 513 g/mol. The number of rotatable bonds is 8. The van der Waals surface area contributed by atoms with Crippen molar-refractivity contribution in [1.29, 1.82) is 0 Å². The van der Waals surface area contributed by atoms with Gasteiger partial charge in [-0.15, -0.1) is 10.2 Å². The van der Waals surface area contributed by atoms with E-state index < -0.39 is 5.82 Å². The second-order valence-electron chi connectivity index (χ2n) is 9.87. The number of carbonyl (C=O) groups excluding carboxylic acids is 2. The van der Waals surface area contributed by atoms with Gasteiger partial charge in [0.15, 0.2) is 5.82 Å². The van der Waals surface area contributed by atoms with Gasteiger partial charge in [-0.05, 0) is 62.6 Å². The van der Waals surface area contributed by atoms with Crippen molar-refractivity contribution in [3.63, 3.8) is 0 Å². The molecule has 40 heavy (non-hydrogen) atoms. The minimum Gasteiger partial charge on any atom is -0.492 e. The van der Waals surface area contributed by atoms with Crippen LogP contribution < -0.4 is 10.1 Å². The van der Waals surface area contributed by atoms with Crippen LogP contribution in [0.3, 0.4) is 0 Å². The number of pyridine rings is 2. The van der Waals surface area contributed by atoms with Crippen molar-refractivity contribution >= 4 is 11.8 Å². The molecule has 1 aliphatic carbocycles. The molecule has 6 rings (SSSR count). The van der Waals surface area contributed by atoms with E-state index in [0.29, 0.717) is 61.3 Å². The highest BCUT2D eigenvalue weighted by Gasteiger charge is 2.37. The van der Waals surface area contributed by atoms with E-state index in [9.17, 15) is 14.0 Å². The number of likely N-dealkylation sites (tertiary alicyclic amines) is 1. The standard InChI is InChI=1S/C29H28FN7O3/c1-2-40-20-11-12-22(31-17-20)27-35-34-26(37(27)25-10-4-3-7-21(25)30)18-15-19(16-18)32-28(38)23-8-5-9-24(33-23)29(39)36-13-6-14-36/h3-5,7-12,17-19H,2,6,13-16H2,1H3,(H,32,38). The molecule has 4 heterocycles. The summed E-state index contributed by atoms with van der Waals surface area (Å²) in [6, 6.07) is 14.8. The van der Waals surface area contributed by atoms with Gasteiger partial charge >= 0.3 is 0 Å². The van der Waals surface area contributed by atoms with Gasteiger partial charge in [0.1, 0.15) is 34.5 Å². The van der Waals surface area contributed by atoms with Gasteiger partial charge in [-0.1, -0.05) is 18.2 Å². The van der Waals surface area contributed by atoms with Crippen molar-refractivity contribution in [3.8, 4) is 23.0 Å². The van der Waals surface area contributed by atoms with Gasteiger partial charge in [0.2, 0.25) is 0 Å². The Morgan fingerprint density at radius 3 is 2.52 bits per heavy atom. The molecule has 0 atom stereocenters. The zero-order valence-corrected chi connectivity index (χ0v) is 22.0. The van der Waals surface area contributed by atoms with Gasteiger partial charge in [0.25, 0.3) is 11.8 Å². The second kappa shape index (κ2) is 10.8. The number of nitrogens with one attached hydrogen (secondary N) is 1. The number of aromatic nitrogens is 5. The first-order chi connectivity index (χ1) is 19.5. The number of ether oxygens (including phenoxy) is 1. The molecule has 2 fully saturated rings. The Morgan fingerprint density at radius 1 is 1.02 bits per heavy atom. The molecule has 4 aromatic rings. The molecular formula is C29H28FN7O3. The number of benzene rings is 1. The molecule has 204 valence electrons. The maximum absolute atomic E-state index is 15.0. The van der Waals surface area contributed by atoms with E-state index in [1.54, 1.807) is 64.2 Å². The summed E-state index contributed by atoms with van der Waals surface area (Å²) < 4.78 is 22.2. The number of halogens is 1. The molecule has 0 spiro atoms. The lowest BCUT2D eigenvalue weighted by Gasteiger charge is -2.35. The minimum absolute atomic E-state index is 0.0545. The van der Waals surface area contributed by atoms with Crippen molar-refractivity contribution in [2.45, 2.75) is 38.1 Å². The average molecular weight is 542 g/mol. The number of amides is 2. The second-order valence-corrected chi connectivity index (χ2v) is 9.87. The van der Waals surface area contributed by atoms with E-state index in [4.69, 9.17) is 4.74 Å². The lowest BCUT2D eigenvalue weighted by molar-refractivity contribution is 0.0645. The van der Waals surface area contributed by atoms with Gasteiger partial charge in [-0.3, -0.25) is 14.2 Å². The van der Waals surface area contributed by atoms with Crippen LogP contribution in [0.5, 0.6) is 5.75 Å². The van der Waals surface area contributed by atoms with E-state index in [1.807, 2.05) is 6.92 Å². The van der Waals surface area contributed by atoms with Crippen molar-refractivity contribution in [1.82, 2.24) is 34.9 Å². The largest absolute Gasteiger partial charge is 0.492 e. The quantitative estimate of drug-likeness (QED) is 0.361. The minimum atomic E-state index is -0.404. The molecule has 1 aromatic carbocycles. The fourth-order valence-corrected chi connectivity index (χ4v) is 4.93. The Kier molecular flexibility index (Phi) is 6.93. The highest BCUT2D eigenvalue weighted by molar-refractivity contribution is 5.96. The third-order valence-corrected chi connectivity index (χ3v) is 7.24. The predicted octanol–water partition coefficient (Wildman–Crippen LogP) is 3.78. The number of carbonyl (C=O) groups is 2. The topological polar surface area (TPSA) is 115 Å². The molecule has 1 saturated carbocycles. The smallest absolute Gasteiger partial charge is 0.272 e. The number of hydrogen-bond acceptors (Lipinski definition) is 7. The highest BCUT2D eigenvalue weighted by Crippen LogP contribution is 2.39. The summed E-state index contributed by atoms with van der Waals surface area (Å²) in [5.41, 5.74) is 1.34. The zero-order chi connectivity index (χ0) is 27.6. The summed E-state index contributed by atoms with van der Waals surface area (Å²) in [6.45, 7) is 3.85. The third-order valence-electron chi connectivity index (χ3n) is 7.24. The van der Waals surface area contributed by atoms with E-state index in [1.165, 1.54) is 6.07 Å². The molecule has 0 unspecified atom stereocenters. The van der Waals surface area contributed by atoms with Crippen LogP contribution in [-0.2, 0) is 0 Å². The summed E-state index contributed by atoms with van der Waals surface area (Å²) in [6.07, 6.45) is 3.79. The van der Waals surface area contributed by atoms with Crippen LogP contribution in [0.2, 0.25) is 0 Å². The summed E-state index contributed by atoms with van der Waals surface area (Å²) >= 11 is 0. The fourth-order valence-electron chi connectivity index (χ4n) is 4.93. The molecule has 2 aliphatic rings. The van der Waals surface area contributed by atoms with Crippen molar-refractivity contribution in [2.75, 3.05) is 19.7 Å². The number of nitrogens with zero attached hydrogens (tertiary/aromatic N) is 6.